The molecule has 0 aliphatic carbocycles. The molecule has 0 bridgehead atoms. The number of amides is 1. The second kappa shape index (κ2) is 58.2. The summed E-state index contributed by atoms with van der Waals surface area (Å²) in [6.07, 6.45) is 69.4. The molecule has 0 saturated heterocycles. The van der Waals surface area contributed by atoms with Gasteiger partial charge in [0.2, 0.25) is 5.91 Å². The maximum absolute atomic E-state index is 12.5. The summed E-state index contributed by atoms with van der Waals surface area (Å²) in [7, 11) is 0. The van der Waals surface area contributed by atoms with Crippen molar-refractivity contribution in [1.82, 2.24) is 5.32 Å². The minimum Gasteiger partial charge on any atom is -0.466 e. The molecule has 2 atom stereocenters. The van der Waals surface area contributed by atoms with E-state index in [0.29, 0.717) is 25.9 Å². The summed E-state index contributed by atoms with van der Waals surface area (Å²) < 4.78 is 5.47. The molecule has 0 aliphatic rings. The molecule has 0 spiro atoms. The van der Waals surface area contributed by atoms with Crippen molar-refractivity contribution in [3.8, 4) is 0 Å². The third-order valence-corrected chi connectivity index (χ3v) is 14.6. The van der Waals surface area contributed by atoms with E-state index in [9.17, 15) is 19.8 Å². The minimum atomic E-state index is -0.660. The molecule has 6 nitrogen and oxygen atoms in total. The van der Waals surface area contributed by atoms with Gasteiger partial charge in [0.25, 0.3) is 0 Å². The van der Waals surface area contributed by atoms with Crippen molar-refractivity contribution in [3.63, 3.8) is 0 Å². The quantitative estimate of drug-likeness (QED) is 0.0321. The van der Waals surface area contributed by atoms with Gasteiger partial charge >= 0.3 is 5.97 Å². The Balaban J connectivity index is 3.33. The highest BCUT2D eigenvalue weighted by atomic mass is 16.5. The van der Waals surface area contributed by atoms with Gasteiger partial charge in [-0.05, 0) is 51.4 Å². The molecule has 3 N–H and O–H groups in total. The Kier molecular flexibility index (Phi) is 57.0. The van der Waals surface area contributed by atoms with Crippen LogP contribution in [-0.2, 0) is 14.3 Å². The van der Waals surface area contributed by atoms with Gasteiger partial charge in [-0.2, -0.15) is 0 Å². The average Bonchev–Trinajstić information content (AvgIpc) is 3.34. The van der Waals surface area contributed by atoms with Crippen molar-refractivity contribution in [2.75, 3.05) is 13.2 Å². The Labute approximate surface area is 425 Å². The third kappa shape index (κ3) is 53.9. The van der Waals surface area contributed by atoms with Crippen molar-refractivity contribution in [2.45, 2.75) is 360 Å². The van der Waals surface area contributed by atoms with E-state index in [4.69, 9.17) is 4.74 Å². The van der Waals surface area contributed by atoms with E-state index in [1.165, 1.54) is 270 Å². The molecule has 1 amide bonds. The lowest BCUT2D eigenvalue weighted by atomic mass is 10.0. The number of ether oxygens (including phenoxy) is 1. The molecule has 68 heavy (non-hydrogen) atoms. The second-order valence-corrected chi connectivity index (χ2v) is 21.4. The van der Waals surface area contributed by atoms with Crippen LogP contribution in [-0.4, -0.2) is 47.4 Å². The summed E-state index contributed by atoms with van der Waals surface area (Å²) in [6, 6.07) is -0.538. The second-order valence-electron chi connectivity index (χ2n) is 21.4. The predicted octanol–water partition coefficient (Wildman–Crippen LogP) is 19.2. The summed E-state index contributed by atoms with van der Waals surface area (Å²) in [4.78, 5) is 24.5. The molecule has 2 unspecified atom stereocenters. The van der Waals surface area contributed by atoms with Crippen molar-refractivity contribution in [1.29, 1.82) is 0 Å². The third-order valence-electron chi connectivity index (χ3n) is 14.6. The monoisotopic (exact) mass is 960 g/mol. The van der Waals surface area contributed by atoms with Crippen LogP contribution in [0.5, 0.6) is 0 Å². The highest BCUT2D eigenvalue weighted by Crippen LogP contribution is 2.18. The van der Waals surface area contributed by atoms with Crippen LogP contribution in [0.2, 0.25) is 0 Å². The van der Waals surface area contributed by atoms with Crippen molar-refractivity contribution >= 4 is 11.9 Å². The number of aliphatic hydroxyl groups excluding tert-OH is 2. The van der Waals surface area contributed by atoms with Crippen molar-refractivity contribution in [3.05, 3.63) is 12.2 Å². The van der Waals surface area contributed by atoms with Crippen LogP contribution >= 0.6 is 0 Å². The summed E-state index contributed by atoms with van der Waals surface area (Å²) in [5.74, 6) is -0.0232. The van der Waals surface area contributed by atoms with E-state index in [1.54, 1.807) is 0 Å². The Hall–Kier alpha value is -1.40. The van der Waals surface area contributed by atoms with Gasteiger partial charge in [-0.1, -0.05) is 296 Å². The van der Waals surface area contributed by atoms with Gasteiger partial charge in [-0.3, -0.25) is 9.59 Å². The molecule has 0 aliphatic heterocycles. The maximum Gasteiger partial charge on any atom is 0.305 e. The predicted molar refractivity (Wildman–Crippen MR) is 297 cm³/mol. The molecular formula is C62H121NO5. The van der Waals surface area contributed by atoms with Crippen molar-refractivity contribution in [2.24, 2.45) is 0 Å². The number of aliphatic hydroxyl groups is 2. The molecule has 0 aromatic carbocycles. The topological polar surface area (TPSA) is 95.9 Å². The van der Waals surface area contributed by atoms with E-state index in [1.807, 2.05) is 0 Å². The number of esters is 1. The molecule has 0 fully saturated rings. The Morgan fingerprint density at radius 2 is 0.691 bits per heavy atom. The number of carbonyl (C=O) groups excluding carboxylic acids is 2. The standard InChI is InChI=1S/C62H121NO5/c1-3-5-7-9-11-13-15-31-36-40-44-48-52-56-62(67)68-57-53-49-45-41-37-33-30-28-26-24-22-20-18-17-19-21-23-25-27-29-32-35-39-43-47-51-55-61(66)63-59(58-64)60(65)54-50-46-42-38-34-16-14-12-10-8-6-4-2/h13,15,59-60,64-65H,3-12,14,16-58H2,1-2H3,(H,63,66)/b15-13-. The van der Waals surface area contributed by atoms with Gasteiger partial charge < -0.3 is 20.3 Å². The van der Waals surface area contributed by atoms with Gasteiger partial charge in [0.1, 0.15) is 0 Å². The first-order valence-corrected chi connectivity index (χ1v) is 30.9. The van der Waals surface area contributed by atoms with Crippen molar-refractivity contribution < 1.29 is 24.5 Å². The van der Waals surface area contributed by atoms with Crippen LogP contribution in [0.3, 0.4) is 0 Å². The fourth-order valence-corrected chi connectivity index (χ4v) is 9.81. The number of hydrogen-bond donors (Lipinski definition) is 3. The smallest absolute Gasteiger partial charge is 0.305 e. The number of carbonyl (C=O) groups is 2. The largest absolute Gasteiger partial charge is 0.466 e. The van der Waals surface area contributed by atoms with Crippen LogP contribution in [0.15, 0.2) is 12.2 Å². The van der Waals surface area contributed by atoms with Gasteiger partial charge in [0.05, 0.1) is 25.4 Å². The SMILES string of the molecule is CCCCCC/C=C\CCCCCCCC(=O)OCCCCCCCCCCCCCCCCCCCCCCCCCCCCC(=O)NC(CO)C(O)CCCCCCCCCCCCCC. The summed E-state index contributed by atoms with van der Waals surface area (Å²) in [5.41, 5.74) is 0. The zero-order chi connectivity index (χ0) is 49.3. The highest BCUT2D eigenvalue weighted by molar-refractivity contribution is 5.76. The lowest BCUT2D eigenvalue weighted by Crippen LogP contribution is -2.45. The number of nitrogens with one attached hydrogen (secondary N) is 1. The molecule has 0 heterocycles. The van der Waals surface area contributed by atoms with Crippen LogP contribution in [0.1, 0.15) is 348 Å². The Bertz CT molecular complexity index is 1020. The first-order valence-electron chi connectivity index (χ1n) is 30.9. The van der Waals surface area contributed by atoms with E-state index in [0.717, 1.165) is 44.9 Å². The Morgan fingerprint density at radius 3 is 1.06 bits per heavy atom. The van der Waals surface area contributed by atoms with E-state index in [-0.39, 0.29) is 18.5 Å². The number of rotatable bonds is 58. The zero-order valence-electron chi connectivity index (χ0n) is 46.1. The van der Waals surface area contributed by atoms with E-state index >= 15 is 0 Å². The summed E-state index contributed by atoms with van der Waals surface area (Å²) in [6.45, 7) is 4.95. The lowest BCUT2D eigenvalue weighted by Gasteiger charge is -2.22. The van der Waals surface area contributed by atoms with E-state index in [2.05, 4.69) is 31.3 Å². The molecule has 0 rings (SSSR count). The summed E-state index contributed by atoms with van der Waals surface area (Å²) in [5, 5.41) is 23.2. The number of allylic oxidation sites excluding steroid dienone is 2. The van der Waals surface area contributed by atoms with Crippen LogP contribution in [0, 0.1) is 0 Å². The fourth-order valence-electron chi connectivity index (χ4n) is 9.81. The Morgan fingerprint density at radius 1 is 0.397 bits per heavy atom. The molecule has 0 aromatic heterocycles. The molecule has 0 aromatic rings. The van der Waals surface area contributed by atoms with Gasteiger partial charge in [-0.15, -0.1) is 0 Å². The zero-order valence-corrected chi connectivity index (χ0v) is 46.1. The van der Waals surface area contributed by atoms with E-state index < -0.39 is 12.1 Å². The van der Waals surface area contributed by atoms with Crippen LogP contribution in [0.4, 0.5) is 0 Å². The molecule has 0 saturated carbocycles. The molecule has 0 radical (unpaired) electrons. The highest BCUT2D eigenvalue weighted by Gasteiger charge is 2.20. The first-order chi connectivity index (χ1) is 33.5. The van der Waals surface area contributed by atoms with Crippen LogP contribution in [0.25, 0.3) is 0 Å². The number of hydrogen-bond acceptors (Lipinski definition) is 5. The normalized spacial score (nSPS) is 12.6. The lowest BCUT2D eigenvalue weighted by molar-refractivity contribution is -0.143. The summed E-state index contributed by atoms with van der Waals surface area (Å²) >= 11 is 0. The molecule has 6 heteroatoms. The maximum atomic E-state index is 12.5. The van der Waals surface area contributed by atoms with Crippen LogP contribution < -0.4 is 5.32 Å². The molecule has 404 valence electrons. The van der Waals surface area contributed by atoms with Gasteiger partial charge in [0, 0.05) is 12.8 Å². The molecular weight excluding hydrogens is 839 g/mol. The minimum absolute atomic E-state index is 0.00844. The first kappa shape index (κ1) is 66.6. The average molecular weight is 961 g/mol. The number of unbranched alkanes of at least 4 members (excludes halogenated alkanes) is 45. The van der Waals surface area contributed by atoms with Gasteiger partial charge in [0.15, 0.2) is 0 Å². The fraction of sp³-hybridized carbons (Fsp3) is 0.935. The van der Waals surface area contributed by atoms with Gasteiger partial charge in [-0.25, -0.2) is 0 Å².